The molecule has 1 aliphatic heterocycles. The predicted molar refractivity (Wildman–Crippen MR) is 134 cm³/mol. The summed E-state index contributed by atoms with van der Waals surface area (Å²) in [6.07, 6.45) is 4.95. The molecule has 5 rings (SSSR count). The Hall–Kier alpha value is -3.89. The van der Waals surface area contributed by atoms with E-state index in [1.54, 1.807) is 36.5 Å². The van der Waals surface area contributed by atoms with Crippen LogP contribution in [0.4, 0.5) is 11.6 Å². The number of nitrogens with two attached hydrogens (primary N) is 1. The van der Waals surface area contributed by atoms with E-state index in [-0.39, 0.29) is 23.3 Å². The van der Waals surface area contributed by atoms with Crippen LogP contribution in [-0.4, -0.2) is 46.1 Å². The molecule has 10 nitrogen and oxygen atoms in total. The molecule has 0 spiro atoms. The number of halogens is 2. The minimum atomic E-state index is -0.275. The Morgan fingerprint density at radius 2 is 2.03 bits per heavy atom. The Balaban J connectivity index is 1.31. The molecule has 5 N–H and O–H groups in total. The Labute approximate surface area is 209 Å². The van der Waals surface area contributed by atoms with Crippen LogP contribution in [0.1, 0.15) is 16.8 Å². The van der Waals surface area contributed by atoms with E-state index in [2.05, 4.69) is 15.5 Å². The summed E-state index contributed by atoms with van der Waals surface area (Å²) in [6.45, 7) is 1.18. The first-order valence-corrected chi connectivity index (χ1v) is 11.4. The van der Waals surface area contributed by atoms with Crippen molar-refractivity contribution in [1.29, 1.82) is 10.8 Å². The first-order chi connectivity index (χ1) is 16.9. The summed E-state index contributed by atoms with van der Waals surface area (Å²) in [5.74, 6) is 0.509. The van der Waals surface area contributed by atoms with Crippen molar-refractivity contribution in [2.45, 2.75) is 12.5 Å². The third-order valence-corrected chi connectivity index (χ3v) is 6.55. The van der Waals surface area contributed by atoms with Gasteiger partial charge in [0.15, 0.2) is 11.6 Å². The summed E-state index contributed by atoms with van der Waals surface area (Å²) in [6, 6.07) is 8.40. The second-order valence-corrected chi connectivity index (χ2v) is 8.96. The molecule has 35 heavy (non-hydrogen) atoms. The highest BCUT2D eigenvalue weighted by Crippen LogP contribution is 2.35. The van der Waals surface area contributed by atoms with Gasteiger partial charge < -0.3 is 20.5 Å². The standard InChI is InChI=1S/C23H20Cl2N8O2/c24-16-7-12(13-2-4-18(27)33(9-13)11-26)1-3-15(16)23(34)30-14-5-6-32(10-14)22-20-19(17(25)8-29-22)21(28)31-35-20/h1-4,7-9,11,14,26-27H,5-6,10H2,(H2,28,31)(H,30,34)/t14-/m1/s1. The monoisotopic (exact) mass is 510 g/mol. The minimum Gasteiger partial charge on any atom is -0.380 e. The van der Waals surface area contributed by atoms with Crippen LogP contribution in [0.2, 0.25) is 10.0 Å². The quantitative estimate of drug-likeness (QED) is 0.238. The van der Waals surface area contributed by atoms with Crippen molar-refractivity contribution >= 4 is 58.1 Å². The number of carbonyl (C=O) groups excluding carboxylic acids is 1. The molecule has 0 aliphatic carbocycles. The second kappa shape index (κ2) is 9.05. The number of benzene rings is 1. The number of amides is 1. The van der Waals surface area contributed by atoms with E-state index >= 15 is 0 Å². The van der Waals surface area contributed by atoms with Crippen molar-refractivity contribution in [3.8, 4) is 11.1 Å². The SMILES string of the molecule is N=Cn1cc(-c2ccc(C(=O)N[C@@H]3CCN(c4ncc(Cl)c5c(N)noc45)C3)c(Cl)c2)ccc1=N. The molecule has 1 aromatic carbocycles. The van der Waals surface area contributed by atoms with Gasteiger partial charge in [0.25, 0.3) is 5.91 Å². The van der Waals surface area contributed by atoms with Gasteiger partial charge in [0.2, 0.25) is 5.58 Å². The fourth-order valence-corrected chi connectivity index (χ4v) is 4.66. The highest BCUT2D eigenvalue weighted by molar-refractivity contribution is 6.36. The maximum atomic E-state index is 13.0. The number of hydrogen-bond acceptors (Lipinski definition) is 8. The van der Waals surface area contributed by atoms with Gasteiger partial charge in [0, 0.05) is 31.5 Å². The smallest absolute Gasteiger partial charge is 0.253 e. The number of nitrogens with one attached hydrogen (secondary N) is 3. The fraction of sp³-hybridized carbons (Fsp3) is 0.174. The number of hydrogen-bond donors (Lipinski definition) is 4. The van der Waals surface area contributed by atoms with Crippen LogP contribution in [0.5, 0.6) is 0 Å². The minimum absolute atomic E-state index is 0.123. The average molecular weight is 511 g/mol. The second-order valence-electron chi connectivity index (χ2n) is 8.14. The number of nitrogen functional groups attached to an aromatic ring is 1. The topological polar surface area (TPSA) is 150 Å². The molecule has 1 fully saturated rings. The highest BCUT2D eigenvalue weighted by atomic mass is 35.5. The number of pyridine rings is 2. The molecule has 1 saturated heterocycles. The molecule has 3 aromatic heterocycles. The Kier molecular flexibility index (Phi) is 5.91. The van der Waals surface area contributed by atoms with E-state index in [0.29, 0.717) is 51.9 Å². The largest absolute Gasteiger partial charge is 0.380 e. The summed E-state index contributed by atoms with van der Waals surface area (Å²) in [5, 5.41) is 23.2. The van der Waals surface area contributed by atoms with Crippen molar-refractivity contribution in [1.82, 2.24) is 20.0 Å². The van der Waals surface area contributed by atoms with Crippen molar-refractivity contribution in [3.05, 3.63) is 63.8 Å². The fourth-order valence-electron chi connectivity index (χ4n) is 4.16. The zero-order valence-corrected chi connectivity index (χ0v) is 19.8. The van der Waals surface area contributed by atoms with Gasteiger partial charge in [-0.2, -0.15) is 0 Å². The summed E-state index contributed by atoms with van der Waals surface area (Å²) < 4.78 is 6.73. The molecule has 12 heteroatoms. The Bertz CT molecular complexity index is 1530. The number of carbonyl (C=O) groups is 1. The van der Waals surface area contributed by atoms with Crippen molar-refractivity contribution in [2.24, 2.45) is 0 Å². The predicted octanol–water partition coefficient (Wildman–Crippen LogP) is 3.52. The van der Waals surface area contributed by atoms with Crippen LogP contribution >= 0.6 is 23.2 Å². The van der Waals surface area contributed by atoms with Crippen LogP contribution in [0.25, 0.3) is 22.1 Å². The number of fused-ring (bicyclic) bond motifs is 1. The van der Waals surface area contributed by atoms with Gasteiger partial charge in [-0.3, -0.25) is 20.2 Å². The maximum Gasteiger partial charge on any atom is 0.253 e. The molecule has 0 saturated carbocycles. The summed E-state index contributed by atoms with van der Waals surface area (Å²) in [4.78, 5) is 19.3. The van der Waals surface area contributed by atoms with Crippen LogP contribution in [0.15, 0.2) is 47.2 Å². The van der Waals surface area contributed by atoms with Gasteiger partial charge in [-0.25, -0.2) is 4.98 Å². The molecule has 1 amide bonds. The van der Waals surface area contributed by atoms with E-state index < -0.39 is 0 Å². The Morgan fingerprint density at radius 1 is 1.23 bits per heavy atom. The van der Waals surface area contributed by atoms with Crippen LogP contribution in [0, 0.1) is 10.8 Å². The zero-order valence-electron chi connectivity index (χ0n) is 18.3. The van der Waals surface area contributed by atoms with E-state index in [1.807, 2.05) is 4.90 Å². The number of nitrogens with zero attached hydrogens (tertiary/aromatic N) is 4. The number of anilines is 2. The molecular weight excluding hydrogens is 491 g/mol. The Morgan fingerprint density at radius 3 is 2.80 bits per heavy atom. The third kappa shape index (κ3) is 4.22. The van der Waals surface area contributed by atoms with Gasteiger partial charge in [0.1, 0.15) is 5.49 Å². The normalized spacial score (nSPS) is 15.5. The van der Waals surface area contributed by atoms with Crippen molar-refractivity contribution < 1.29 is 9.32 Å². The molecular formula is C23H20Cl2N8O2. The molecule has 0 radical (unpaired) electrons. The zero-order chi connectivity index (χ0) is 24.7. The molecule has 1 atom stereocenters. The lowest BCUT2D eigenvalue weighted by Crippen LogP contribution is -2.37. The first-order valence-electron chi connectivity index (χ1n) is 10.7. The van der Waals surface area contributed by atoms with E-state index in [1.165, 1.54) is 10.8 Å². The van der Waals surface area contributed by atoms with E-state index in [9.17, 15) is 4.79 Å². The summed E-state index contributed by atoms with van der Waals surface area (Å²) >= 11 is 12.6. The van der Waals surface area contributed by atoms with Gasteiger partial charge in [0.05, 0.1) is 27.3 Å². The summed E-state index contributed by atoms with van der Waals surface area (Å²) in [5.41, 5.74) is 8.39. The van der Waals surface area contributed by atoms with Crippen LogP contribution < -0.4 is 21.4 Å². The first kappa shape index (κ1) is 22.9. The lowest BCUT2D eigenvalue weighted by atomic mass is 10.0. The number of aromatic nitrogens is 3. The van der Waals surface area contributed by atoms with Crippen LogP contribution in [0.3, 0.4) is 0 Å². The van der Waals surface area contributed by atoms with Gasteiger partial charge >= 0.3 is 0 Å². The van der Waals surface area contributed by atoms with Crippen molar-refractivity contribution in [3.63, 3.8) is 0 Å². The van der Waals surface area contributed by atoms with Crippen LogP contribution in [-0.2, 0) is 0 Å². The molecule has 0 unspecified atom stereocenters. The summed E-state index contributed by atoms with van der Waals surface area (Å²) in [7, 11) is 0. The maximum absolute atomic E-state index is 13.0. The van der Waals surface area contributed by atoms with Crippen molar-refractivity contribution in [2.75, 3.05) is 23.7 Å². The third-order valence-electron chi connectivity index (χ3n) is 5.95. The highest BCUT2D eigenvalue weighted by Gasteiger charge is 2.29. The van der Waals surface area contributed by atoms with Gasteiger partial charge in [-0.1, -0.05) is 34.4 Å². The lowest BCUT2D eigenvalue weighted by molar-refractivity contribution is 0.0940. The average Bonchev–Trinajstić information content (AvgIpc) is 3.47. The molecule has 4 aromatic rings. The molecule has 0 bridgehead atoms. The number of rotatable bonds is 5. The van der Waals surface area contributed by atoms with Gasteiger partial charge in [-0.15, -0.1) is 0 Å². The molecule has 1 aliphatic rings. The lowest BCUT2D eigenvalue weighted by Gasteiger charge is -2.18. The molecule has 4 heterocycles. The van der Waals surface area contributed by atoms with Gasteiger partial charge in [-0.05, 0) is 41.8 Å². The molecule has 178 valence electrons. The van der Waals surface area contributed by atoms with E-state index in [4.69, 9.17) is 44.3 Å². The van der Waals surface area contributed by atoms with E-state index in [0.717, 1.165) is 17.5 Å².